The average Bonchev–Trinajstić information content (AvgIpc) is 2.72. The Hall–Kier alpha value is -2.58. The normalized spacial score (nSPS) is 14.2. The molecule has 0 unspecified atom stereocenters. The minimum Gasteiger partial charge on any atom is -0.358 e. The van der Waals surface area contributed by atoms with Crippen LogP contribution in [-0.2, 0) is 19.4 Å². The molecule has 0 aromatic heterocycles. The molecular weight excluding hydrogens is 316 g/mol. The molecule has 1 aliphatic rings. The highest BCUT2D eigenvalue weighted by molar-refractivity contribution is 5.55. The van der Waals surface area contributed by atoms with E-state index in [-0.39, 0.29) is 0 Å². The third-order valence-corrected chi connectivity index (χ3v) is 5.17. The lowest BCUT2D eigenvalue weighted by atomic mass is 10.1. The molecule has 0 aliphatic carbocycles. The Kier molecular flexibility index (Phi) is 5.32. The fourth-order valence-corrected chi connectivity index (χ4v) is 3.74. The van der Waals surface area contributed by atoms with Gasteiger partial charge in [0.2, 0.25) is 0 Å². The van der Waals surface area contributed by atoms with Gasteiger partial charge in [0.05, 0.1) is 6.67 Å². The monoisotopic (exact) mass is 342 g/mol. The number of benzene rings is 3. The number of rotatable bonds is 6. The van der Waals surface area contributed by atoms with Gasteiger partial charge in [-0.15, -0.1) is 0 Å². The maximum absolute atomic E-state index is 2.57. The molecule has 0 fully saturated rings. The summed E-state index contributed by atoms with van der Waals surface area (Å²) < 4.78 is 0. The average molecular weight is 342 g/mol. The highest BCUT2D eigenvalue weighted by Crippen LogP contribution is 2.27. The van der Waals surface area contributed by atoms with Crippen LogP contribution in [-0.4, -0.2) is 24.7 Å². The van der Waals surface area contributed by atoms with Crippen LogP contribution in [0.25, 0.3) is 0 Å². The lowest BCUT2D eigenvalue weighted by Crippen LogP contribution is -2.44. The molecule has 3 aromatic rings. The molecule has 1 aliphatic heterocycles. The molecule has 4 rings (SSSR count). The highest BCUT2D eigenvalue weighted by atomic mass is 15.3. The van der Waals surface area contributed by atoms with Crippen molar-refractivity contribution in [1.29, 1.82) is 0 Å². The number of nitrogens with zero attached hydrogens (tertiary/aromatic N) is 2. The third kappa shape index (κ3) is 4.14. The Morgan fingerprint density at radius 3 is 1.88 bits per heavy atom. The van der Waals surface area contributed by atoms with E-state index in [2.05, 4.69) is 94.7 Å². The first-order valence-electron chi connectivity index (χ1n) is 9.51. The summed E-state index contributed by atoms with van der Waals surface area (Å²) in [5, 5.41) is 0. The summed E-state index contributed by atoms with van der Waals surface area (Å²) in [7, 11) is 0. The van der Waals surface area contributed by atoms with E-state index in [9.17, 15) is 0 Å². The molecule has 132 valence electrons. The van der Waals surface area contributed by atoms with Gasteiger partial charge in [-0.1, -0.05) is 78.9 Å². The second-order valence-corrected chi connectivity index (χ2v) is 7.06. The van der Waals surface area contributed by atoms with Crippen molar-refractivity contribution in [2.24, 2.45) is 0 Å². The van der Waals surface area contributed by atoms with Crippen LogP contribution in [0.15, 0.2) is 84.9 Å². The van der Waals surface area contributed by atoms with E-state index in [4.69, 9.17) is 0 Å². The molecule has 0 saturated carbocycles. The number of fused-ring (bicyclic) bond motifs is 1. The standard InChI is InChI=1S/C24H26N2/c1-3-9-21(10-4-1)15-17-25-19-23-13-7-8-14-24(23)26(20-25)18-16-22-11-5-2-6-12-22/h1-14H,15-20H2. The molecule has 26 heavy (non-hydrogen) atoms. The predicted octanol–water partition coefficient (Wildman–Crippen LogP) is 4.75. The molecule has 0 N–H and O–H groups in total. The van der Waals surface area contributed by atoms with E-state index < -0.39 is 0 Å². The molecule has 0 bridgehead atoms. The molecule has 0 atom stereocenters. The van der Waals surface area contributed by atoms with Crippen LogP contribution in [0.1, 0.15) is 16.7 Å². The smallest absolute Gasteiger partial charge is 0.0710 e. The van der Waals surface area contributed by atoms with Gasteiger partial charge in [-0.05, 0) is 35.6 Å². The summed E-state index contributed by atoms with van der Waals surface area (Å²) >= 11 is 0. The minimum absolute atomic E-state index is 1.01. The summed E-state index contributed by atoms with van der Waals surface area (Å²) in [5.41, 5.74) is 5.67. The van der Waals surface area contributed by atoms with Crippen LogP contribution in [0.5, 0.6) is 0 Å². The van der Waals surface area contributed by atoms with Crippen molar-refractivity contribution in [3.8, 4) is 0 Å². The van der Waals surface area contributed by atoms with E-state index in [0.717, 1.165) is 39.1 Å². The lowest BCUT2D eigenvalue weighted by molar-refractivity contribution is 0.255. The van der Waals surface area contributed by atoms with Crippen molar-refractivity contribution in [2.45, 2.75) is 19.4 Å². The Balaban J connectivity index is 1.44. The van der Waals surface area contributed by atoms with Crippen LogP contribution >= 0.6 is 0 Å². The highest BCUT2D eigenvalue weighted by Gasteiger charge is 2.21. The molecule has 0 radical (unpaired) electrons. The van der Waals surface area contributed by atoms with Crippen molar-refractivity contribution in [3.05, 3.63) is 102 Å². The van der Waals surface area contributed by atoms with Gasteiger partial charge in [-0.3, -0.25) is 4.90 Å². The van der Waals surface area contributed by atoms with Crippen LogP contribution < -0.4 is 4.90 Å². The lowest BCUT2D eigenvalue weighted by Gasteiger charge is -2.38. The fourth-order valence-electron chi connectivity index (χ4n) is 3.74. The zero-order valence-corrected chi connectivity index (χ0v) is 15.2. The van der Waals surface area contributed by atoms with Crippen molar-refractivity contribution in [2.75, 3.05) is 24.7 Å². The Bertz CT molecular complexity index is 814. The summed E-state index contributed by atoms with van der Waals surface area (Å²) in [6.07, 6.45) is 2.19. The van der Waals surface area contributed by atoms with E-state index in [0.29, 0.717) is 0 Å². The van der Waals surface area contributed by atoms with Crippen LogP contribution in [0.4, 0.5) is 5.69 Å². The molecular formula is C24H26N2. The molecule has 0 amide bonds. The van der Waals surface area contributed by atoms with Gasteiger partial charge in [-0.2, -0.15) is 0 Å². The number of para-hydroxylation sites is 1. The third-order valence-electron chi connectivity index (χ3n) is 5.17. The first kappa shape index (κ1) is 16.9. The summed E-state index contributed by atoms with van der Waals surface area (Å²) in [5.74, 6) is 0. The summed E-state index contributed by atoms with van der Waals surface area (Å²) in [6, 6.07) is 30.5. The van der Waals surface area contributed by atoms with Crippen LogP contribution in [0.3, 0.4) is 0 Å². The number of hydrogen-bond donors (Lipinski definition) is 0. The Morgan fingerprint density at radius 1 is 0.615 bits per heavy atom. The van der Waals surface area contributed by atoms with Gasteiger partial charge < -0.3 is 4.90 Å². The van der Waals surface area contributed by atoms with Gasteiger partial charge in [0.15, 0.2) is 0 Å². The quantitative estimate of drug-likeness (QED) is 0.638. The first-order valence-corrected chi connectivity index (χ1v) is 9.51. The van der Waals surface area contributed by atoms with Gasteiger partial charge in [-0.25, -0.2) is 0 Å². The number of anilines is 1. The van der Waals surface area contributed by atoms with Crippen molar-refractivity contribution in [1.82, 2.24) is 4.90 Å². The zero-order valence-electron chi connectivity index (χ0n) is 15.2. The largest absolute Gasteiger partial charge is 0.358 e. The summed E-state index contributed by atoms with van der Waals surface area (Å²) in [4.78, 5) is 5.11. The van der Waals surface area contributed by atoms with Crippen molar-refractivity contribution < 1.29 is 0 Å². The maximum Gasteiger partial charge on any atom is 0.0710 e. The SMILES string of the molecule is c1ccc(CCN2Cc3ccccc3N(CCc3ccccc3)C2)cc1. The fraction of sp³-hybridized carbons (Fsp3) is 0.250. The van der Waals surface area contributed by atoms with Crippen LogP contribution in [0.2, 0.25) is 0 Å². The molecule has 3 aromatic carbocycles. The Labute approximate surface area is 156 Å². The Morgan fingerprint density at radius 2 is 1.19 bits per heavy atom. The summed E-state index contributed by atoms with van der Waals surface area (Å²) in [6.45, 7) is 4.21. The van der Waals surface area contributed by atoms with Crippen molar-refractivity contribution in [3.63, 3.8) is 0 Å². The van der Waals surface area contributed by atoms with E-state index >= 15 is 0 Å². The van der Waals surface area contributed by atoms with E-state index in [1.165, 1.54) is 22.4 Å². The molecule has 2 nitrogen and oxygen atoms in total. The van der Waals surface area contributed by atoms with Crippen molar-refractivity contribution >= 4 is 5.69 Å². The molecule has 1 heterocycles. The topological polar surface area (TPSA) is 6.48 Å². The predicted molar refractivity (Wildman–Crippen MR) is 109 cm³/mol. The minimum atomic E-state index is 1.01. The van der Waals surface area contributed by atoms with Gasteiger partial charge in [0.1, 0.15) is 0 Å². The van der Waals surface area contributed by atoms with E-state index in [1.807, 2.05) is 0 Å². The second kappa shape index (κ2) is 8.20. The molecule has 2 heteroatoms. The van der Waals surface area contributed by atoms with E-state index in [1.54, 1.807) is 0 Å². The second-order valence-electron chi connectivity index (χ2n) is 7.06. The molecule has 0 spiro atoms. The van der Waals surface area contributed by atoms with Gasteiger partial charge in [0.25, 0.3) is 0 Å². The van der Waals surface area contributed by atoms with Crippen LogP contribution in [0, 0.1) is 0 Å². The van der Waals surface area contributed by atoms with Gasteiger partial charge >= 0.3 is 0 Å². The number of hydrogen-bond acceptors (Lipinski definition) is 2. The first-order chi connectivity index (χ1) is 12.9. The maximum atomic E-state index is 2.57. The van der Waals surface area contributed by atoms with Gasteiger partial charge in [0, 0.05) is 25.3 Å². The zero-order chi connectivity index (χ0) is 17.6. The molecule has 0 saturated heterocycles.